The molecule has 0 aliphatic carbocycles. The second-order valence-electron chi connectivity index (χ2n) is 7.52. The Morgan fingerprint density at radius 1 is 0.735 bits per heavy atom. The predicted octanol–water partition coefficient (Wildman–Crippen LogP) is 5.25. The fourth-order valence-electron chi connectivity index (χ4n) is 3.33. The number of rotatable bonds is 9. The van der Waals surface area contributed by atoms with Crippen molar-refractivity contribution in [3.63, 3.8) is 0 Å². The number of benzene rings is 4. The third kappa shape index (κ3) is 6.10. The van der Waals surface area contributed by atoms with Crippen LogP contribution in [0, 0.1) is 0 Å². The van der Waals surface area contributed by atoms with Gasteiger partial charge in [0.2, 0.25) is 10.0 Å². The van der Waals surface area contributed by atoms with Crippen LogP contribution in [0.15, 0.2) is 114 Å². The molecule has 0 fully saturated rings. The third-order valence-corrected chi connectivity index (χ3v) is 6.55. The van der Waals surface area contributed by atoms with E-state index in [2.05, 4.69) is 10.0 Å². The first-order valence-electron chi connectivity index (χ1n) is 10.8. The van der Waals surface area contributed by atoms with Gasteiger partial charge in [-0.1, -0.05) is 60.7 Å². The molecule has 0 saturated carbocycles. The third-order valence-electron chi connectivity index (χ3n) is 5.07. The van der Waals surface area contributed by atoms with Gasteiger partial charge in [-0.2, -0.15) is 0 Å². The van der Waals surface area contributed by atoms with Gasteiger partial charge < -0.3 is 10.1 Å². The van der Waals surface area contributed by atoms with Crippen molar-refractivity contribution in [2.45, 2.75) is 11.3 Å². The predicted molar refractivity (Wildman–Crippen MR) is 133 cm³/mol. The summed E-state index contributed by atoms with van der Waals surface area (Å²) in [4.78, 5) is 13.0. The maximum Gasteiger partial charge on any atom is 0.259 e. The van der Waals surface area contributed by atoms with E-state index in [9.17, 15) is 13.2 Å². The first kappa shape index (κ1) is 23.2. The summed E-state index contributed by atoms with van der Waals surface area (Å²) < 4.78 is 33.6. The Bertz CT molecular complexity index is 1340. The molecule has 1 amide bonds. The van der Waals surface area contributed by atoms with E-state index in [1.165, 1.54) is 12.1 Å². The summed E-state index contributed by atoms with van der Waals surface area (Å²) in [6, 6.07) is 31.9. The molecule has 0 aromatic heterocycles. The quantitative estimate of drug-likeness (QED) is 0.348. The molecule has 2 N–H and O–H groups in total. The van der Waals surface area contributed by atoms with Crippen molar-refractivity contribution in [1.82, 2.24) is 4.72 Å². The SMILES string of the molecule is O=C(Nc1ccc(S(=O)(=O)NCCc2ccccc2)cc1)c1ccccc1Oc1ccccc1. The maximum atomic E-state index is 12.9. The normalized spacial score (nSPS) is 11.1. The van der Waals surface area contributed by atoms with Gasteiger partial charge in [-0.25, -0.2) is 13.1 Å². The van der Waals surface area contributed by atoms with E-state index < -0.39 is 10.0 Å². The van der Waals surface area contributed by atoms with Crippen molar-refractivity contribution in [2.24, 2.45) is 0 Å². The number of carbonyl (C=O) groups is 1. The number of hydrogen-bond acceptors (Lipinski definition) is 4. The Kier molecular flexibility index (Phi) is 7.37. The molecule has 0 aliphatic rings. The zero-order valence-corrected chi connectivity index (χ0v) is 19.2. The number of para-hydroxylation sites is 2. The Balaban J connectivity index is 1.39. The number of amides is 1. The van der Waals surface area contributed by atoms with Gasteiger partial charge in [-0.3, -0.25) is 4.79 Å². The van der Waals surface area contributed by atoms with Gasteiger partial charge in [0.05, 0.1) is 10.5 Å². The summed E-state index contributed by atoms with van der Waals surface area (Å²) in [5.74, 6) is 0.688. The highest BCUT2D eigenvalue weighted by Gasteiger charge is 2.16. The molecule has 0 spiro atoms. The van der Waals surface area contributed by atoms with Gasteiger partial charge in [0.15, 0.2) is 0 Å². The lowest BCUT2D eigenvalue weighted by molar-refractivity contribution is 0.102. The van der Waals surface area contributed by atoms with Gasteiger partial charge in [0, 0.05) is 12.2 Å². The molecule has 4 rings (SSSR count). The lowest BCUT2D eigenvalue weighted by Gasteiger charge is -2.12. The average molecular weight is 473 g/mol. The Morgan fingerprint density at radius 2 is 1.35 bits per heavy atom. The smallest absolute Gasteiger partial charge is 0.259 e. The Morgan fingerprint density at radius 3 is 2.06 bits per heavy atom. The number of anilines is 1. The number of hydrogen-bond donors (Lipinski definition) is 2. The van der Waals surface area contributed by atoms with Crippen LogP contribution < -0.4 is 14.8 Å². The summed E-state index contributed by atoms with van der Waals surface area (Å²) in [5.41, 5.74) is 1.90. The molecule has 0 radical (unpaired) electrons. The fourth-order valence-corrected chi connectivity index (χ4v) is 4.36. The molecule has 4 aromatic rings. The molecule has 0 heterocycles. The summed E-state index contributed by atoms with van der Waals surface area (Å²) >= 11 is 0. The van der Waals surface area contributed by atoms with Crippen molar-refractivity contribution in [2.75, 3.05) is 11.9 Å². The molecular formula is C27H24N2O4S. The maximum absolute atomic E-state index is 12.9. The van der Waals surface area contributed by atoms with E-state index in [4.69, 9.17) is 4.74 Å². The Labute approximate surface area is 199 Å². The molecule has 7 heteroatoms. The molecule has 0 bridgehead atoms. The minimum absolute atomic E-state index is 0.131. The molecule has 0 aliphatic heterocycles. The zero-order chi connectivity index (χ0) is 23.8. The van der Waals surface area contributed by atoms with Crippen LogP contribution in [0.4, 0.5) is 5.69 Å². The van der Waals surface area contributed by atoms with Crippen LogP contribution in [-0.2, 0) is 16.4 Å². The molecule has 34 heavy (non-hydrogen) atoms. The number of sulfonamides is 1. The van der Waals surface area contributed by atoms with Crippen LogP contribution in [0.1, 0.15) is 15.9 Å². The van der Waals surface area contributed by atoms with Crippen LogP contribution >= 0.6 is 0 Å². The highest BCUT2D eigenvalue weighted by molar-refractivity contribution is 7.89. The van der Waals surface area contributed by atoms with E-state index in [1.807, 2.05) is 60.7 Å². The first-order chi connectivity index (χ1) is 16.5. The van der Waals surface area contributed by atoms with E-state index in [0.29, 0.717) is 35.7 Å². The molecule has 0 atom stereocenters. The van der Waals surface area contributed by atoms with Gasteiger partial charge in [0.25, 0.3) is 5.91 Å². The van der Waals surface area contributed by atoms with Gasteiger partial charge in [0.1, 0.15) is 11.5 Å². The van der Waals surface area contributed by atoms with Crippen molar-refractivity contribution < 1.29 is 17.9 Å². The lowest BCUT2D eigenvalue weighted by Crippen LogP contribution is -2.26. The zero-order valence-electron chi connectivity index (χ0n) is 18.3. The van der Waals surface area contributed by atoms with Crippen LogP contribution in [0.5, 0.6) is 11.5 Å². The largest absolute Gasteiger partial charge is 0.457 e. The molecule has 4 aromatic carbocycles. The highest BCUT2D eigenvalue weighted by Crippen LogP contribution is 2.26. The van der Waals surface area contributed by atoms with Gasteiger partial charge in [-0.05, 0) is 60.5 Å². The van der Waals surface area contributed by atoms with E-state index in [1.54, 1.807) is 36.4 Å². The second-order valence-corrected chi connectivity index (χ2v) is 9.29. The van der Waals surface area contributed by atoms with Gasteiger partial charge in [-0.15, -0.1) is 0 Å². The highest BCUT2D eigenvalue weighted by atomic mass is 32.2. The minimum Gasteiger partial charge on any atom is -0.457 e. The summed E-state index contributed by atoms with van der Waals surface area (Å²) in [5, 5.41) is 2.79. The summed E-state index contributed by atoms with van der Waals surface area (Å²) in [7, 11) is -3.65. The van der Waals surface area contributed by atoms with Crippen molar-refractivity contribution in [3.8, 4) is 11.5 Å². The van der Waals surface area contributed by atoms with Crippen LogP contribution in [0.25, 0.3) is 0 Å². The van der Waals surface area contributed by atoms with Crippen LogP contribution in [0.3, 0.4) is 0 Å². The average Bonchev–Trinajstić information content (AvgIpc) is 2.86. The topological polar surface area (TPSA) is 84.5 Å². The molecular weight excluding hydrogens is 448 g/mol. The van der Waals surface area contributed by atoms with Crippen LogP contribution in [-0.4, -0.2) is 20.9 Å². The standard InChI is InChI=1S/C27H24N2O4S/c30-27(25-13-7-8-14-26(25)33-23-11-5-2-6-12-23)29-22-15-17-24(18-16-22)34(31,32)28-20-19-21-9-3-1-4-10-21/h1-18,28H,19-20H2,(H,29,30). The fraction of sp³-hybridized carbons (Fsp3) is 0.0741. The molecule has 0 saturated heterocycles. The minimum atomic E-state index is -3.65. The molecule has 172 valence electrons. The summed E-state index contributed by atoms with van der Waals surface area (Å²) in [6.45, 7) is 0.295. The second kappa shape index (κ2) is 10.8. The summed E-state index contributed by atoms with van der Waals surface area (Å²) in [6.07, 6.45) is 0.596. The van der Waals surface area contributed by atoms with Crippen molar-refractivity contribution >= 4 is 21.6 Å². The van der Waals surface area contributed by atoms with Crippen molar-refractivity contribution in [3.05, 3.63) is 120 Å². The van der Waals surface area contributed by atoms with E-state index in [-0.39, 0.29) is 10.8 Å². The number of ether oxygens (including phenoxy) is 1. The number of carbonyl (C=O) groups excluding carboxylic acids is 1. The lowest BCUT2D eigenvalue weighted by atomic mass is 10.2. The van der Waals surface area contributed by atoms with E-state index >= 15 is 0 Å². The Hall–Kier alpha value is -3.94. The molecule has 6 nitrogen and oxygen atoms in total. The van der Waals surface area contributed by atoms with Crippen LogP contribution in [0.2, 0.25) is 0 Å². The number of nitrogens with one attached hydrogen (secondary N) is 2. The van der Waals surface area contributed by atoms with E-state index in [0.717, 1.165) is 5.56 Å². The monoisotopic (exact) mass is 472 g/mol. The van der Waals surface area contributed by atoms with Crippen molar-refractivity contribution in [1.29, 1.82) is 0 Å². The van der Waals surface area contributed by atoms with Gasteiger partial charge >= 0.3 is 0 Å². The molecule has 0 unspecified atom stereocenters. The first-order valence-corrected chi connectivity index (χ1v) is 12.3.